The number of benzene rings is 3. The van der Waals surface area contributed by atoms with Crippen molar-refractivity contribution >= 4 is 50.6 Å². The van der Waals surface area contributed by atoms with Crippen LogP contribution in [0.3, 0.4) is 0 Å². The number of rotatable bonds is 8. The molecule has 0 aliphatic heterocycles. The van der Waals surface area contributed by atoms with Crippen LogP contribution in [0.5, 0.6) is 17.2 Å². The normalized spacial score (nSPS) is 11.5. The van der Waals surface area contributed by atoms with E-state index in [0.717, 1.165) is 25.6 Å². The highest BCUT2D eigenvalue weighted by atomic mass is 79.9. The van der Waals surface area contributed by atoms with Crippen molar-refractivity contribution < 1.29 is 28.2 Å². The molecule has 0 bridgehead atoms. The summed E-state index contributed by atoms with van der Waals surface area (Å²) in [5.74, 6) is 0.852. The molecule has 32 heavy (non-hydrogen) atoms. The Morgan fingerprint density at radius 2 is 1.38 bits per heavy atom. The molecule has 0 aliphatic rings. The van der Waals surface area contributed by atoms with E-state index in [1.807, 2.05) is 44.2 Å². The lowest BCUT2D eigenvalue weighted by molar-refractivity contribution is -0.185. The molecule has 0 spiro atoms. The molecule has 0 fully saturated rings. The molecule has 0 unspecified atom stereocenters. The lowest BCUT2D eigenvalue weighted by Crippen LogP contribution is -2.08. The van der Waals surface area contributed by atoms with E-state index in [1.165, 1.54) is 0 Å². The van der Waals surface area contributed by atoms with Gasteiger partial charge in [0.05, 0.1) is 0 Å². The third-order valence-corrected chi connectivity index (χ3v) is 7.14. The number of halogens is 2. The molecule has 3 aromatic carbocycles. The minimum absolute atomic E-state index is 0.256. The Kier molecular flexibility index (Phi) is 6.93. The predicted octanol–water partition coefficient (Wildman–Crippen LogP) is 7.82. The van der Waals surface area contributed by atoms with Gasteiger partial charge in [0.1, 0.15) is 0 Å². The van der Waals surface area contributed by atoms with E-state index in [1.54, 1.807) is 36.5 Å². The molecule has 4 aromatic rings. The Hall–Kier alpha value is -2.29. The third kappa shape index (κ3) is 5.36. The Bertz CT molecular complexity index is 1250. The van der Waals surface area contributed by atoms with Gasteiger partial charge < -0.3 is 19.3 Å². The van der Waals surface area contributed by atoms with Gasteiger partial charge in [-0.1, -0.05) is 65.5 Å². The summed E-state index contributed by atoms with van der Waals surface area (Å²) in [7, 11) is -4.39. The van der Waals surface area contributed by atoms with Crippen molar-refractivity contribution in [1.29, 1.82) is 0 Å². The molecule has 1 heterocycles. The van der Waals surface area contributed by atoms with Crippen molar-refractivity contribution in [2.45, 2.75) is 13.8 Å². The number of H-pyrrole nitrogens is 1. The van der Waals surface area contributed by atoms with Gasteiger partial charge in [-0.15, -0.1) is 0 Å². The summed E-state index contributed by atoms with van der Waals surface area (Å²) in [5, 5.41) is 0.691. The maximum atomic E-state index is 13.4. The van der Waals surface area contributed by atoms with Crippen molar-refractivity contribution in [3.05, 3.63) is 86.9 Å². The minimum atomic E-state index is -4.39. The average Bonchev–Trinajstić information content (AvgIpc) is 3.18. The first-order valence-electron chi connectivity index (χ1n) is 9.43. The summed E-state index contributed by atoms with van der Waals surface area (Å²) in [6, 6.07) is 17.7. The molecule has 0 radical (unpaired) electrons. The standard InChI is InChI=1S/C22H18Br2NO6P/c1-14-7-9-16(11-19(14)23)27-30-32(26,31-28-17-10-8-15(2)20(24)12-17)29-22-13-25-21-6-4-3-5-18(21)22/h3-13,25H,1-2H3. The zero-order valence-electron chi connectivity index (χ0n) is 17.0. The van der Waals surface area contributed by atoms with Crippen LogP contribution in [-0.4, -0.2) is 4.98 Å². The Morgan fingerprint density at radius 3 is 1.94 bits per heavy atom. The molecule has 1 N–H and O–H groups in total. The zero-order valence-corrected chi connectivity index (χ0v) is 21.1. The van der Waals surface area contributed by atoms with E-state index >= 15 is 0 Å². The quantitative estimate of drug-likeness (QED) is 0.130. The van der Waals surface area contributed by atoms with Gasteiger partial charge in [-0.25, -0.2) is 4.57 Å². The van der Waals surface area contributed by atoms with Crippen LogP contribution >= 0.6 is 39.7 Å². The molecule has 0 aliphatic carbocycles. The summed E-state index contributed by atoms with van der Waals surface area (Å²) < 4.78 is 30.9. The molecule has 1 aromatic heterocycles. The van der Waals surface area contributed by atoms with Gasteiger partial charge in [-0.05, 0) is 61.4 Å². The fraction of sp³-hybridized carbons (Fsp3) is 0.0909. The second-order valence-corrected chi connectivity index (χ2v) is 9.96. The molecular weight excluding hydrogens is 565 g/mol. The van der Waals surface area contributed by atoms with Gasteiger partial charge in [-0.2, -0.15) is 0 Å². The van der Waals surface area contributed by atoms with Crippen LogP contribution in [0.15, 0.2) is 75.8 Å². The predicted molar refractivity (Wildman–Crippen MR) is 128 cm³/mol. The number of hydrogen-bond acceptors (Lipinski definition) is 6. The fourth-order valence-corrected chi connectivity index (χ4v) is 4.26. The summed E-state index contributed by atoms with van der Waals surface area (Å²) in [6.07, 6.45) is 1.55. The van der Waals surface area contributed by atoms with E-state index in [-0.39, 0.29) is 5.75 Å². The van der Waals surface area contributed by atoms with Crippen LogP contribution in [0.25, 0.3) is 10.9 Å². The van der Waals surface area contributed by atoms with Crippen LogP contribution in [0, 0.1) is 13.8 Å². The third-order valence-electron chi connectivity index (χ3n) is 4.50. The van der Waals surface area contributed by atoms with Gasteiger partial charge in [-0.3, -0.25) is 0 Å². The van der Waals surface area contributed by atoms with Gasteiger partial charge in [0.15, 0.2) is 17.2 Å². The molecule has 0 saturated heterocycles. The molecule has 0 amide bonds. The van der Waals surface area contributed by atoms with Gasteiger partial charge in [0, 0.05) is 26.0 Å². The summed E-state index contributed by atoms with van der Waals surface area (Å²) in [5.41, 5.74) is 2.79. The maximum absolute atomic E-state index is 13.4. The first-order chi connectivity index (χ1) is 15.3. The van der Waals surface area contributed by atoms with Crippen molar-refractivity contribution in [1.82, 2.24) is 4.98 Å². The molecule has 7 nitrogen and oxygen atoms in total. The average molecular weight is 583 g/mol. The lowest BCUT2D eigenvalue weighted by atomic mass is 10.2. The van der Waals surface area contributed by atoms with Crippen LogP contribution in [0.1, 0.15) is 11.1 Å². The highest BCUT2D eigenvalue weighted by molar-refractivity contribution is 9.10. The summed E-state index contributed by atoms with van der Waals surface area (Å²) in [6.45, 7) is 3.85. The number of aromatic amines is 1. The smallest absolute Gasteiger partial charge is 0.398 e. The Labute approximate surface area is 201 Å². The number of aromatic nitrogens is 1. The second-order valence-electron chi connectivity index (χ2n) is 6.87. The van der Waals surface area contributed by atoms with Crippen LogP contribution in [0.4, 0.5) is 0 Å². The fourth-order valence-electron chi connectivity index (χ4n) is 2.71. The number of aryl methyl sites for hydroxylation is 2. The zero-order chi connectivity index (χ0) is 22.7. The van der Waals surface area contributed by atoms with Crippen molar-refractivity contribution in [2.75, 3.05) is 0 Å². The molecular formula is C22H18Br2NO6P. The molecule has 0 saturated carbocycles. The topological polar surface area (TPSA) is 79.0 Å². The first-order valence-corrected chi connectivity index (χ1v) is 12.5. The SMILES string of the molecule is Cc1ccc(OOP(=O)(OOc2ccc(C)c(Br)c2)Oc2c[nH]c3ccccc23)cc1Br. The number of para-hydroxylation sites is 1. The molecule has 166 valence electrons. The molecule has 10 heteroatoms. The van der Waals surface area contributed by atoms with E-state index in [2.05, 4.69) is 36.8 Å². The van der Waals surface area contributed by atoms with Crippen molar-refractivity contribution in [3.8, 4) is 17.2 Å². The first kappa shape index (κ1) is 22.9. The Morgan fingerprint density at radius 1 is 0.812 bits per heavy atom. The number of nitrogens with one attached hydrogen (secondary N) is 1. The van der Waals surface area contributed by atoms with E-state index in [9.17, 15) is 4.57 Å². The van der Waals surface area contributed by atoms with Crippen LogP contribution in [0.2, 0.25) is 0 Å². The highest BCUT2D eigenvalue weighted by Gasteiger charge is 2.35. The van der Waals surface area contributed by atoms with Crippen LogP contribution < -0.4 is 14.3 Å². The van der Waals surface area contributed by atoms with E-state index in [4.69, 9.17) is 23.6 Å². The lowest BCUT2D eigenvalue weighted by Gasteiger charge is -2.16. The summed E-state index contributed by atoms with van der Waals surface area (Å²) in [4.78, 5) is 13.5. The van der Waals surface area contributed by atoms with Crippen molar-refractivity contribution in [3.63, 3.8) is 0 Å². The van der Waals surface area contributed by atoms with Gasteiger partial charge >= 0.3 is 7.82 Å². The molecule has 4 rings (SSSR count). The minimum Gasteiger partial charge on any atom is -0.398 e. The van der Waals surface area contributed by atoms with E-state index in [0.29, 0.717) is 16.9 Å². The summed E-state index contributed by atoms with van der Waals surface area (Å²) >= 11 is 6.83. The monoisotopic (exact) mass is 581 g/mol. The van der Waals surface area contributed by atoms with Crippen LogP contribution in [-0.2, 0) is 13.9 Å². The van der Waals surface area contributed by atoms with Crippen molar-refractivity contribution in [2.24, 2.45) is 0 Å². The molecule has 0 atom stereocenters. The number of fused-ring (bicyclic) bond motifs is 1. The largest absolute Gasteiger partial charge is 0.604 e. The maximum Gasteiger partial charge on any atom is 0.604 e. The van der Waals surface area contributed by atoms with Gasteiger partial charge in [0.2, 0.25) is 0 Å². The second kappa shape index (κ2) is 9.68. The van der Waals surface area contributed by atoms with Gasteiger partial charge in [0.25, 0.3) is 0 Å². The number of phosphoric acid groups is 1. The van der Waals surface area contributed by atoms with E-state index < -0.39 is 7.82 Å². The highest BCUT2D eigenvalue weighted by Crippen LogP contribution is 2.51. The number of hydrogen-bond donors (Lipinski definition) is 1. The Balaban J connectivity index is 1.57.